The van der Waals surface area contributed by atoms with Crippen molar-refractivity contribution in [3.63, 3.8) is 0 Å². The predicted octanol–water partition coefficient (Wildman–Crippen LogP) is 2.27. The van der Waals surface area contributed by atoms with Crippen LogP contribution in [0.4, 0.5) is 5.69 Å². The van der Waals surface area contributed by atoms with Crippen molar-refractivity contribution in [1.82, 2.24) is 0 Å². The molecule has 0 saturated heterocycles. The molecule has 0 aliphatic heterocycles. The van der Waals surface area contributed by atoms with Crippen molar-refractivity contribution >= 4 is 35.8 Å². The second-order valence-corrected chi connectivity index (χ2v) is 4.84. The summed E-state index contributed by atoms with van der Waals surface area (Å²) in [6.45, 7) is 0.344. The fraction of sp³-hybridized carbons (Fsp3) is 0.462. The van der Waals surface area contributed by atoms with Gasteiger partial charge < -0.3 is 15.8 Å². The highest BCUT2D eigenvalue weighted by atomic mass is 35.5. The number of nitrogens with two attached hydrogens (primary N) is 1. The molecule has 0 radical (unpaired) electrons. The number of hydrogen-bond donors (Lipinski definition) is 2. The molecule has 1 atom stereocenters. The molecule has 0 bridgehead atoms. The van der Waals surface area contributed by atoms with Crippen molar-refractivity contribution in [2.75, 3.05) is 25.2 Å². The van der Waals surface area contributed by atoms with Crippen LogP contribution in [0.15, 0.2) is 24.3 Å². The third kappa shape index (κ3) is 6.82. The molecule has 0 aliphatic carbocycles. The number of rotatable bonds is 7. The van der Waals surface area contributed by atoms with Crippen LogP contribution in [0.2, 0.25) is 0 Å². The number of carbonyl (C=O) groups is 1. The van der Waals surface area contributed by atoms with E-state index in [0.717, 1.165) is 11.4 Å². The minimum atomic E-state index is -0.222. The first kappa shape index (κ1) is 18.2. The Labute approximate surface area is 124 Å². The van der Waals surface area contributed by atoms with E-state index >= 15 is 0 Å². The normalized spacial score (nSPS) is 11.5. The first-order valence-corrected chi connectivity index (χ1v) is 7.19. The van der Waals surface area contributed by atoms with Crippen LogP contribution < -0.4 is 11.1 Å². The molecule has 108 valence electrons. The number of hydrogen-bond acceptors (Lipinski definition) is 4. The van der Waals surface area contributed by atoms with Gasteiger partial charge in [0.15, 0.2) is 0 Å². The number of nitrogens with one attached hydrogen (secondary N) is 1. The first-order valence-electron chi connectivity index (χ1n) is 5.80. The van der Waals surface area contributed by atoms with Gasteiger partial charge in [0.05, 0.1) is 12.5 Å². The molecule has 0 aromatic heterocycles. The van der Waals surface area contributed by atoms with Crippen LogP contribution in [-0.4, -0.2) is 31.9 Å². The topological polar surface area (TPSA) is 64.3 Å². The molecule has 3 N–H and O–H groups in total. The number of thioether (sulfide) groups is 1. The van der Waals surface area contributed by atoms with E-state index in [0.29, 0.717) is 6.54 Å². The molecule has 1 unspecified atom stereocenters. The molecule has 4 nitrogen and oxygen atoms in total. The highest BCUT2D eigenvalue weighted by molar-refractivity contribution is 7.97. The molecule has 19 heavy (non-hydrogen) atoms. The Balaban J connectivity index is 0.00000324. The van der Waals surface area contributed by atoms with E-state index in [1.807, 2.05) is 24.3 Å². The van der Waals surface area contributed by atoms with E-state index in [1.165, 1.54) is 5.56 Å². The fourth-order valence-electron chi connectivity index (χ4n) is 1.53. The van der Waals surface area contributed by atoms with Crippen molar-refractivity contribution in [3.05, 3.63) is 29.8 Å². The predicted molar refractivity (Wildman–Crippen MR) is 84.0 cm³/mol. The maximum absolute atomic E-state index is 11.7. The van der Waals surface area contributed by atoms with E-state index in [4.69, 9.17) is 10.5 Å². The molecule has 1 rings (SSSR count). The SMILES string of the molecule is COC(CN)CC(=O)Nc1ccc(CSC)cc1.Cl. The van der Waals surface area contributed by atoms with E-state index in [-0.39, 0.29) is 30.8 Å². The van der Waals surface area contributed by atoms with E-state index in [1.54, 1.807) is 18.9 Å². The van der Waals surface area contributed by atoms with Crippen LogP contribution in [0.5, 0.6) is 0 Å². The zero-order valence-corrected chi connectivity index (χ0v) is 12.9. The van der Waals surface area contributed by atoms with Crippen molar-refractivity contribution in [3.8, 4) is 0 Å². The number of amides is 1. The maximum atomic E-state index is 11.7. The van der Waals surface area contributed by atoms with Crippen LogP contribution >= 0.6 is 24.2 Å². The summed E-state index contributed by atoms with van der Waals surface area (Å²) in [5, 5.41) is 2.83. The summed E-state index contributed by atoms with van der Waals surface area (Å²) in [5.74, 6) is 0.901. The number of carbonyl (C=O) groups excluding carboxylic acids is 1. The quantitative estimate of drug-likeness (QED) is 0.811. The van der Waals surface area contributed by atoms with Crippen LogP contribution in [0.25, 0.3) is 0 Å². The lowest BCUT2D eigenvalue weighted by Gasteiger charge is -2.12. The van der Waals surface area contributed by atoms with Crippen LogP contribution in [-0.2, 0) is 15.3 Å². The number of benzene rings is 1. The monoisotopic (exact) mass is 304 g/mol. The van der Waals surface area contributed by atoms with Gasteiger partial charge in [0, 0.05) is 25.1 Å². The zero-order valence-electron chi connectivity index (χ0n) is 11.2. The van der Waals surface area contributed by atoms with Gasteiger partial charge in [-0.15, -0.1) is 12.4 Å². The number of anilines is 1. The smallest absolute Gasteiger partial charge is 0.227 e. The molecule has 6 heteroatoms. The van der Waals surface area contributed by atoms with Gasteiger partial charge in [-0.2, -0.15) is 11.8 Å². The molecular formula is C13H21ClN2O2S. The molecule has 0 aliphatic rings. The van der Waals surface area contributed by atoms with Gasteiger partial charge in [0.1, 0.15) is 0 Å². The fourth-order valence-corrected chi connectivity index (χ4v) is 2.06. The van der Waals surface area contributed by atoms with Crippen molar-refractivity contribution < 1.29 is 9.53 Å². The summed E-state index contributed by atoms with van der Waals surface area (Å²) in [6, 6.07) is 7.85. The average Bonchev–Trinajstić information content (AvgIpc) is 2.38. The lowest BCUT2D eigenvalue weighted by Crippen LogP contribution is -2.28. The average molecular weight is 305 g/mol. The second kappa shape index (κ2) is 10.1. The number of halogens is 1. The molecule has 1 amide bonds. The minimum absolute atomic E-state index is 0. The molecule has 1 aromatic carbocycles. The Bertz CT molecular complexity index is 369. The third-order valence-corrected chi connectivity index (χ3v) is 3.18. The summed E-state index contributed by atoms with van der Waals surface area (Å²) in [6.07, 6.45) is 2.12. The van der Waals surface area contributed by atoms with Gasteiger partial charge in [-0.05, 0) is 24.0 Å². The van der Waals surface area contributed by atoms with Gasteiger partial charge in [0.2, 0.25) is 5.91 Å². The van der Waals surface area contributed by atoms with Crippen molar-refractivity contribution in [2.24, 2.45) is 5.73 Å². The Morgan fingerprint density at radius 2 is 2.05 bits per heavy atom. The maximum Gasteiger partial charge on any atom is 0.227 e. The van der Waals surface area contributed by atoms with Crippen molar-refractivity contribution in [2.45, 2.75) is 18.3 Å². The van der Waals surface area contributed by atoms with Crippen molar-refractivity contribution in [1.29, 1.82) is 0 Å². The van der Waals surface area contributed by atoms with Gasteiger partial charge in [-0.1, -0.05) is 12.1 Å². The zero-order chi connectivity index (χ0) is 13.4. The summed E-state index contributed by atoms with van der Waals surface area (Å²) in [5.41, 5.74) is 7.52. The molecule has 1 aromatic rings. The molecule has 0 fully saturated rings. The summed E-state index contributed by atoms with van der Waals surface area (Å²) >= 11 is 1.77. The lowest BCUT2D eigenvalue weighted by atomic mass is 10.2. The Morgan fingerprint density at radius 3 is 2.53 bits per heavy atom. The summed E-state index contributed by atoms with van der Waals surface area (Å²) < 4.78 is 5.07. The molecule has 0 spiro atoms. The van der Waals surface area contributed by atoms with Gasteiger partial charge in [0.25, 0.3) is 0 Å². The molecule has 0 saturated carbocycles. The standard InChI is InChI=1S/C13H20N2O2S.ClH/c1-17-12(8-14)7-13(16)15-11-5-3-10(4-6-11)9-18-2;/h3-6,12H,7-9,14H2,1-2H3,(H,15,16);1H. The molecule has 0 heterocycles. The first-order chi connectivity index (χ1) is 8.69. The summed E-state index contributed by atoms with van der Waals surface area (Å²) in [7, 11) is 1.56. The Morgan fingerprint density at radius 1 is 1.42 bits per heavy atom. The highest BCUT2D eigenvalue weighted by Gasteiger charge is 2.11. The number of methoxy groups -OCH3 is 1. The van der Waals surface area contributed by atoms with Crippen LogP contribution in [0.1, 0.15) is 12.0 Å². The van der Waals surface area contributed by atoms with Gasteiger partial charge in [-0.3, -0.25) is 4.79 Å². The third-order valence-electron chi connectivity index (χ3n) is 2.56. The summed E-state index contributed by atoms with van der Waals surface area (Å²) in [4.78, 5) is 11.7. The van der Waals surface area contributed by atoms with E-state index in [9.17, 15) is 4.79 Å². The Hall–Kier alpha value is -0.750. The second-order valence-electron chi connectivity index (χ2n) is 3.98. The Kier molecular flexibility index (Phi) is 9.69. The van der Waals surface area contributed by atoms with E-state index in [2.05, 4.69) is 11.6 Å². The number of ether oxygens (including phenoxy) is 1. The largest absolute Gasteiger partial charge is 0.380 e. The minimum Gasteiger partial charge on any atom is -0.380 e. The van der Waals surface area contributed by atoms with Crippen LogP contribution in [0.3, 0.4) is 0 Å². The highest BCUT2D eigenvalue weighted by Crippen LogP contribution is 2.14. The van der Waals surface area contributed by atoms with Gasteiger partial charge >= 0.3 is 0 Å². The van der Waals surface area contributed by atoms with Gasteiger partial charge in [-0.25, -0.2) is 0 Å². The lowest BCUT2D eigenvalue weighted by molar-refractivity contribution is -0.118. The van der Waals surface area contributed by atoms with Crippen LogP contribution in [0, 0.1) is 0 Å². The molecular weight excluding hydrogens is 284 g/mol. The van der Waals surface area contributed by atoms with E-state index < -0.39 is 0 Å².